The Bertz CT molecular complexity index is 134. The van der Waals surface area contributed by atoms with Crippen LogP contribution in [0.15, 0.2) is 0 Å². The van der Waals surface area contributed by atoms with Crippen LogP contribution in [0, 0.1) is 5.92 Å². The van der Waals surface area contributed by atoms with Gasteiger partial charge in [0.25, 0.3) is 0 Å². The van der Waals surface area contributed by atoms with Crippen molar-refractivity contribution in [2.45, 2.75) is 39.3 Å². The fourth-order valence-corrected chi connectivity index (χ4v) is 2.02. The lowest BCUT2D eigenvalue weighted by Crippen LogP contribution is -2.49. The zero-order valence-electron chi connectivity index (χ0n) is 8.80. The van der Waals surface area contributed by atoms with Crippen LogP contribution in [0.25, 0.3) is 0 Å². The molecule has 2 nitrogen and oxygen atoms in total. The van der Waals surface area contributed by atoms with E-state index in [1.165, 1.54) is 19.5 Å². The normalized spacial score (nSPS) is 32.8. The van der Waals surface area contributed by atoms with Crippen molar-refractivity contribution in [3.05, 3.63) is 0 Å². The minimum absolute atomic E-state index is 0.698. The minimum atomic E-state index is 0.698. The third-order valence-corrected chi connectivity index (χ3v) is 2.83. The average Bonchev–Trinajstić information content (AvgIpc) is 2.03. The van der Waals surface area contributed by atoms with Gasteiger partial charge in [0.05, 0.1) is 0 Å². The fourth-order valence-electron chi connectivity index (χ4n) is 2.02. The minimum Gasteiger partial charge on any atom is -0.316 e. The lowest BCUT2D eigenvalue weighted by atomic mass is 9.95. The Morgan fingerprint density at radius 3 is 2.50 bits per heavy atom. The molecule has 1 aliphatic heterocycles. The summed E-state index contributed by atoms with van der Waals surface area (Å²) in [6.07, 6.45) is 1.33. The van der Waals surface area contributed by atoms with Crippen LogP contribution < -0.4 is 5.32 Å². The van der Waals surface area contributed by atoms with Crippen molar-refractivity contribution < 1.29 is 0 Å². The number of nitrogens with one attached hydrogen (secondary N) is 1. The monoisotopic (exact) mass is 170 g/mol. The second-order valence-corrected chi connectivity index (χ2v) is 4.37. The van der Waals surface area contributed by atoms with Crippen molar-refractivity contribution >= 4 is 0 Å². The van der Waals surface area contributed by atoms with E-state index in [1.807, 2.05) is 0 Å². The highest BCUT2D eigenvalue weighted by Gasteiger charge is 2.24. The zero-order valence-corrected chi connectivity index (χ0v) is 8.80. The van der Waals surface area contributed by atoms with Gasteiger partial charge in [0.15, 0.2) is 0 Å². The van der Waals surface area contributed by atoms with Gasteiger partial charge in [0.2, 0.25) is 0 Å². The first-order valence-corrected chi connectivity index (χ1v) is 5.04. The van der Waals surface area contributed by atoms with E-state index >= 15 is 0 Å². The van der Waals surface area contributed by atoms with Gasteiger partial charge in [-0.1, -0.05) is 6.92 Å². The highest BCUT2D eigenvalue weighted by Crippen LogP contribution is 2.17. The van der Waals surface area contributed by atoms with Crippen molar-refractivity contribution in [2.24, 2.45) is 5.92 Å². The molecule has 2 atom stereocenters. The van der Waals surface area contributed by atoms with Gasteiger partial charge < -0.3 is 5.32 Å². The molecule has 0 amide bonds. The number of likely N-dealkylation sites (N-methyl/N-ethyl adjacent to an activating group) is 1. The van der Waals surface area contributed by atoms with Gasteiger partial charge >= 0.3 is 0 Å². The Morgan fingerprint density at radius 2 is 2.00 bits per heavy atom. The van der Waals surface area contributed by atoms with Crippen LogP contribution >= 0.6 is 0 Å². The van der Waals surface area contributed by atoms with E-state index in [1.54, 1.807) is 0 Å². The first kappa shape index (κ1) is 10.0. The highest BCUT2D eigenvalue weighted by atomic mass is 15.2. The second-order valence-electron chi connectivity index (χ2n) is 4.37. The summed E-state index contributed by atoms with van der Waals surface area (Å²) in [5.41, 5.74) is 0. The molecule has 1 N–H and O–H groups in total. The maximum atomic E-state index is 3.38. The number of piperidine rings is 1. The zero-order chi connectivity index (χ0) is 9.14. The number of hydrogen-bond donors (Lipinski definition) is 1. The van der Waals surface area contributed by atoms with Crippen LogP contribution in [0.4, 0.5) is 0 Å². The van der Waals surface area contributed by atoms with Crippen molar-refractivity contribution in [1.82, 2.24) is 10.2 Å². The van der Waals surface area contributed by atoms with E-state index < -0.39 is 0 Å². The molecule has 0 aliphatic carbocycles. The lowest BCUT2D eigenvalue weighted by Gasteiger charge is -2.38. The molecule has 2 heteroatoms. The predicted octanol–water partition coefficient (Wildman–Crippen LogP) is 1.32. The molecule has 0 aromatic carbocycles. The van der Waals surface area contributed by atoms with Gasteiger partial charge in [0, 0.05) is 25.2 Å². The number of hydrogen-bond acceptors (Lipinski definition) is 2. The standard InChI is InChI=1S/C10H22N2/c1-8(2)12-6-9(3)5-10(7-12)11-4/h8-11H,5-7H2,1-4H3. The molecule has 1 fully saturated rings. The molecule has 72 valence electrons. The van der Waals surface area contributed by atoms with Gasteiger partial charge in [-0.2, -0.15) is 0 Å². The summed E-state index contributed by atoms with van der Waals surface area (Å²) >= 11 is 0. The predicted molar refractivity (Wildman–Crippen MR) is 53.3 cm³/mol. The molecule has 0 spiro atoms. The Morgan fingerprint density at radius 1 is 1.33 bits per heavy atom. The van der Waals surface area contributed by atoms with Crippen LogP contribution in [0.3, 0.4) is 0 Å². The van der Waals surface area contributed by atoms with Crippen LogP contribution in [-0.2, 0) is 0 Å². The summed E-state index contributed by atoms with van der Waals surface area (Å²) < 4.78 is 0. The molecular formula is C10H22N2. The lowest BCUT2D eigenvalue weighted by molar-refractivity contribution is 0.122. The average molecular weight is 170 g/mol. The molecular weight excluding hydrogens is 148 g/mol. The maximum Gasteiger partial charge on any atom is 0.0195 e. The molecule has 1 heterocycles. The first-order chi connectivity index (χ1) is 5.63. The molecule has 0 aromatic rings. The summed E-state index contributed by atoms with van der Waals surface area (Å²) in [5.74, 6) is 0.846. The van der Waals surface area contributed by atoms with E-state index in [9.17, 15) is 0 Å². The van der Waals surface area contributed by atoms with Crippen molar-refractivity contribution in [3.8, 4) is 0 Å². The fraction of sp³-hybridized carbons (Fsp3) is 1.00. The molecule has 1 saturated heterocycles. The highest BCUT2D eigenvalue weighted by molar-refractivity contribution is 4.82. The first-order valence-electron chi connectivity index (χ1n) is 5.04. The number of rotatable bonds is 2. The van der Waals surface area contributed by atoms with Gasteiger partial charge in [-0.05, 0) is 33.2 Å². The smallest absolute Gasteiger partial charge is 0.0195 e. The molecule has 0 bridgehead atoms. The maximum absolute atomic E-state index is 3.38. The summed E-state index contributed by atoms with van der Waals surface area (Å²) in [5, 5.41) is 3.38. The Labute approximate surface area is 76.3 Å². The van der Waals surface area contributed by atoms with Gasteiger partial charge in [-0.25, -0.2) is 0 Å². The van der Waals surface area contributed by atoms with Crippen molar-refractivity contribution in [2.75, 3.05) is 20.1 Å². The second kappa shape index (κ2) is 4.24. The summed E-state index contributed by atoms with van der Waals surface area (Å²) in [7, 11) is 2.07. The number of nitrogens with zero attached hydrogens (tertiary/aromatic N) is 1. The molecule has 0 aromatic heterocycles. The Kier molecular flexibility index (Phi) is 3.53. The van der Waals surface area contributed by atoms with Gasteiger partial charge in [-0.3, -0.25) is 4.90 Å². The third-order valence-electron chi connectivity index (χ3n) is 2.83. The van der Waals surface area contributed by atoms with Crippen LogP contribution in [0.2, 0.25) is 0 Å². The van der Waals surface area contributed by atoms with E-state index in [2.05, 4.69) is 38.0 Å². The van der Waals surface area contributed by atoms with Crippen LogP contribution in [0.1, 0.15) is 27.2 Å². The van der Waals surface area contributed by atoms with Crippen LogP contribution in [0.5, 0.6) is 0 Å². The molecule has 2 unspecified atom stereocenters. The third kappa shape index (κ3) is 2.46. The SMILES string of the molecule is CNC1CC(C)CN(C(C)C)C1. The summed E-state index contributed by atoms with van der Waals surface area (Å²) in [6.45, 7) is 9.41. The van der Waals surface area contributed by atoms with Gasteiger partial charge in [0.1, 0.15) is 0 Å². The largest absolute Gasteiger partial charge is 0.316 e. The number of likely N-dealkylation sites (tertiary alicyclic amines) is 1. The molecule has 12 heavy (non-hydrogen) atoms. The Balaban J connectivity index is 2.45. The molecule has 0 saturated carbocycles. The van der Waals surface area contributed by atoms with E-state index in [4.69, 9.17) is 0 Å². The van der Waals surface area contributed by atoms with Crippen LogP contribution in [-0.4, -0.2) is 37.1 Å². The quantitative estimate of drug-likeness (QED) is 0.672. The Hall–Kier alpha value is -0.0800. The van der Waals surface area contributed by atoms with E-state index in [-0.39, 0.29) is 0 Å². The molecule has 1 aliphatic rings. The van der Waals surface area contributed by atoms with Crippen molar-refractivity contribution in [3.63, 3.8) is 0 Å². The van der Waals surface area contributed by atoms with E-state index in [0.717, 1.165) is 5.92 Å². The van der Waals surface area contributed by atoms with E-state index in [0.29, 0.717) is 12.1 Å². The topological polar surface area (TPSA) is 15.3 Å². The van der Waals surface area contributed by atoms with Crippen molar-refractivity contribution in [1.29, 1.82) is 0 Å². The molecule has 0 radical (unpaired) electrons. The summed E-state index contributed by atoms with van der Waals surface area (Å²) in [4.78, 5) is 2.56. The van der Waals surface area contributed by atoms with Gasteiger partial charge in [-0.15, -0.1) is 0 Å². The summed E-state index contributed by atoms with van der Waals surface area (Å²) in [6, 6.07) is 1.40. The molecule has 1 rings (SSSR count).